The molecule has 0 radical (unpaired) electrons. The van der Waals surface area contributed by atoms with Crippen LogP contribution < -0.4 is 0 Å². The van der Waals surface area contributed by atoms with Crippen LogP contribution in [-0.2, 0) is 4.74 Å². The van der Waals surface area contributed by atoms with E-state index >= 15 is 0 Å². The van der Waals surface area contributed by atoms with Crippen LogP contribution in [0, 0.1) is 0 Å². The van der Waals surface area contributed by atoms with Gasteiger partial charge in [0.15, 0.2) is 0 Å². The van der Waals surface area contributed by atoms with Gasteiger partial charge < -0.3 is 4.74 Å². The molecule has 1 aliphatic heterocycles. The summed E-state index contributed by atoms with van der Waals surface area (Å²) in [4.78, 5) is 0. The Kier molecular flexibility index (Phi) is 9.33. The lowest BCUT2D eigenvalue weighted by Gasteiger charge is -2.34. The van der Waals surface area contributed by atoms with Gasteiger partial charge in [0.1, 0.15) is 0 Å². The average molecular weight is 244 g/mol. The molecule has 98 valence electrons. The standard InChI is InChI=1S/C8H18Si.C6H14O/c1-8-6-4-5-7-9(8,2)3;1-3-5-7-6-4-2/h8H,4-7H2,1-3H3;3-6H2,1-2H3. The van der Waals surface area contributed by atoms with Gasteiger partial charge in [-0.2, -0.15) is 0 Å². The first kappa shape index (κ1) is 16.2. The summed E-state index contributed by atoms with van der Waals surface area (Å²) in [5.41, 5.74) is 1.09. The smallest absolute Gasteiger partial charge is 0.0502 e. The lowest BCUT2D eigenvalue weighted by atomic mass is 10.2. The fourth-order valence-electron chi connectivity index (χ4n) is 2.06. The molecule has 1 fully saturated rings. The molecule has 1 unspecified atom stereocenters. The number of hydrogen-bond donors (Lipinski definition) is 0. The van der Waals surface area contributed by atoms with Crippen LogP contribution in [0.2, 0.25) is 24.7 Å². The Labute approximate surface area is 104 Å². The summed E-state index contributed by atoms with van der Waals surface area (Å²) >= 11 is 0. The molecule has 1 aliphatic rings. The van der Waals surface area contributed by atoms with Crippen LogP contribution in [0.3, 0.4) is 0 Å². The third-order valence-corrected chi connectivity index (χ3v) is 8.34. The molecule has 2 heteroatoms. The summed E-state index contributed by atoms with van der Waals surface area (Å²) in [6, 6.07) is 1.58. The Morgan fingerprint density at radius 1 is 1.06 bits per heavy atom. The molecule has 0 spiro atoms. The number of hydrogen-bond acceptors (Lipinski definition) is 1. The van der Waals surface area contributed by atoms with Crippen molar-refractivity contribution in [3.63, 3.8) is 0 Å². The van der Waals surface area contributed by atoms with Crippen molar-refractivity contribution in [1.82, 2.24) is 0 Å². The van der Waals surface area contributed by atoms with E-state index < -0.39 is 8.07 Å². The van der Waals surface area contributed by atoms with Crippen molar-refractivity contribution in [3.05, 3.63) is 0 Å². The van der Waals surface area contributed by atoms with Crippen molar-refractivity contribution in [3.8, 4) is 0 Å². The maximum atomic E-state index is 5.13. The largest absolute Gasteiger partial charge is 0.381 e. The highest BCUT2D eigenvalue weighted by atomic mass is 28.3. The van der Waals surface area contributed by atoms with E-state index in [4.69, 9.17) is 4.74 Å². The van der Waals surface area contributed by atoms with E-state index in [9.17, 15) is 0 Å². The highest BCUT2D eigenvalue weighted by molar-refractivity contribution is 6.78. The van der Waals surface area contributed by atoms with E-state index in [1.165, 1.54) is 19.3 Å². The zero-order valence-corrected chi connectivity index (χ0v) is 13.1. The highest BCUT2D eigenvalue weighted by Crippen LogP contribution is 2.36. The molecule has 16 heavy (non-hydrogen) atoms. The maximum absolute atomic E-state index is 5.13. The Morgan fingerprint density at radius 2 is 1.62 bits per heavy atom. The van der Waals surface area contributed by atoms with Gasteiger partial charge in [0, 0.05) is 13.2 Å². The fourth-order valence-corrected chi connectivity index (χ4v) is 4.70. The van der Waals surface area contributed by atoms with Crippen molar-refractivity contribution in [2.75, 3.05) is 13.2 Å². The van der Waals surface area contributed by atoms with Crippen molar-refractivity contribution in [2.24, 2.45) is 0 Å². The first-order valence-corrected chi connectivity index (χ1v) is 10.4. The van der Waals surface area contributed by atoms with Gasteiger partial charge in [0.25, 0.3) is 0 Å². The Hall–Kier alpha value is 0.177. The molecule has 1 nitrogen and oxygen atoms in total. The van der Waals surface area contributed by atoms with Crippen LogP contribution in [0.4, 0.5) is 0 Å². The molecule has 1 saturated heterocycles. The lowest BCUT2D eigenvalue weighted by Crippen LogP contribution is -2.33. The van der Waals surface area contributed by atoms with Crippen LogP contribution >= 0.6 is 0 Å². The molecule has 0 bridgehead atoms. The van der Waals surface area contributed by atoms with Gasteiger partial charge >= 0.3 is 0 Å². The molecule has 0 aromatic rings. The van der Waals surface area contributed by atoms with Gasteiger partial charge in [0.2, 0.25) is 0 Å². The monoisotopic (exact) mass is 244 g/mol. The van der Waals surface area contributed by atoms with Crippen molar-refractivity contribution >= 4 is 8.07 Å². The molecule has 0 aliphatic carbocycles. The topological polar surface area (TPSA) is 9.23 Å². The van der Waals surface area contributed by atoms with Gasteiger partial charge in [-0.15, -0.1) is 0 Å². The van der Waals surface area contributed by atoms with Crippen LogP contribution in [0.1, 0.15) is 52.9 Å². The second-order valence-corrected chi connectivity index (χ2v) is 11.2. The van der Waals surface area contributed by atoms with E-state index in [2.05, 4.69) is 33.9 Å². The molecule has 0 N–H and O–H groups in total. The molecule has 0 aromatic carbocycles. The molecule has 1 rings (SSSR count). The lowest BCUT2D eigenvalue weighted by molar-refractivity contribution is 0.135. The fraction of sp³-hybridized carbons (Fsp3) is 1.00. The predicted molar refractivity (Wildman–Crippen MR) is 77.0 cm³/mol. The third kappa shape index (κ3) is 7.45. The van der Waals surface area contributed by atoms with Gasteiger partial charge in [-0.1, -0.05) is 59.2 Å². The van der Waals surface area contributed by atoms with E-state index in [0.29, 0.717) is 0 Å². The summed E-state index contributed by atoms with van der Waals surface area (Å²) in [6.45, 7) is 13.6. The van der Waals surface area contributed by atoms with E-state index in [-0.39, 0.29) is 0 Å². The minimum absolute atomic E-state index is 0.694. The Bertz CT molecular complexity index is 153. The van der Waals surface area contributed by atoms with Gasteiger partial charge in [0.05, 0.1) is 8.07 Å². The van der Waals surface area contributed by atoms with Gasteiger partial charge in [-0.05, 0) is 18.4 Å². The summed E-state index contributed by atoms with van der Waals surface area (Å²) < 4.78 is 5.13. The summed E-state index contributed by atoms with van der Waals surface area (Å²) in [7, 11) is -0.694. The summed E-state index contributed by atoms with van der Waals surface area (Å²) in [6.07, 6.45) is 6.81. The van der Waals surface area contributed by atoms with Crippen molar-refractivity contribution in [2.45, 2.75) is 77.6 Å². The first-order chi connectivity index (χ1) is 7.54. The molecule has 1 heterocycles. The Balaban J connectivity index is 0.000000293. The zero-order chi connectivity index (χ0) is 12.4. The minimum Gasteiger partial charge on any atom is -0.381 e. The van der Waals surface area contributed by atoms with E-state index in [1.807, 2.05) is 0 Å². The second kappa shape index (κ2) is 9.23. The molecule has 1 atom stereocenters. The molecular formula is C14H32OSi. The molecule has 0 saturated carbocycles. The van der Waals surface area contributed by atoms with Crippen LogP contribution in [0.25, 0.3) is 0 Å². The van der Waals surface area contributed by atoms with Gasteiger partial charge in [-0.25, -0.2) is 0 Å². The normalized spacial score (nSPS) is 23.4. The van der Waals surface area contributed by atoms with E-state index in [0.717, 1.165) is 31.6 Å². The SMILES string of the molecule is CC1CCCC[Si]1(C)C.CCCOCCC. The van der Waals surface area contributed by atoms with Crippen molar-refractivity contribution < 1.29 is 4.74 Å². The van der Waals surface area contributed by atoms with Crippen molar-refractivity contribution in [1.29, 1.82) is 0 Å². The third-order valence-electron chi connectivity index (χ3n) is 3.74. The number of ether oxygens (including phenoxy) is 1. The molecular weight excluding hydrogens is 212 g/mol. The van der Waals surface area contributed by atoms with Crippen LogP contribution in [0.5, 0.6) is 0 Å². The van der Waals surface area contributed by atoms with Gasteiger partial charge in [-0.3, -0.25) is 0 Å². The first-order valence-electron chi connectivity index (χ1n) is 7.12. The maximum Gasteiger partial charge on any atom is 0.0502 e. The van der Waals surface area contributed by atoms with Crippen LogP contribution in [-0.4, -0.2) is 21.3 Å². The highest BCUT2D eigenvalue weighted by Gasteiger charge is 2.30. The summed E-state index contributed by atoms with van der Waals surface area (Å²) in [5.74, 6) is 0. The van der Waals surface area contributed by atoms with Crippen LogP contribution in [0.15, 0.2) is 0 Å². The molecule has 0 amide bonds. The number of rotatable bonds is 4. The predicted octanol–water partition coefficient (Wildman–Crippen LogP) is 5.09. The zero-order valence-electron chi connectivity index (χ0n) is 12.1. The molecule has 0 aromatic heterocycles. The summed E-state index contributed by atoms with van der Waals surface area (Å²) in [5, 5.41) is 0. The minimum atomic E-state index is -0.694. The average Bonchev–Trinajstić information content (AvgIpc) is 2.24. The van der Waals surface area contributed by atoms with E-state index in [1.54, 1.807) is 6.04 Å². The quantitative estimate of drug-likeness (QED) is 0.494. The second-order valence-electron chi connectivity index (χ2n) is 5.75. The Morgan fingerprint density at radius 3 is 1.94 bits per heavy atom.